The van der Waals surface area contributed by atoms with Gasteiger partial charge in [0, 0.05) is 18.5 Å². The number of nitrogens with zero attached hydrogens (tertiary/aromatic N) is 2. The summed E-state index contributed by atoms with van der Waals surface area (Å²) in [5.41, 5.74) is 0.887. The molecule has 1 heterocycles. The molecule has 0 saturated carbocycles. The summed E-state index contributed by atoms with van der Waals surface area (Å²) in [7, 11) is 2.17. The number of benzene rings is 1. The van der Waals surface area contributed by atoms with E-state index in [0.29, 0.717) is 6.54 Å². The van der Waals surface area contributed by atoms with Crippen LogP contribution in [0.1, 0.15) is 46.1 Å². The fourth-order valence-electron chi connectivity index (χ4n) is 3.37. The van der Waals surface area contributed by atoms with Gasteiger partial charge >= 0.3 is 6.09 Å². The fourth-order valence-corrected chi connectivity index (χ4v) is 3.37. The maximum Gasteiger partial charge on any atom is 0.410 e. The van der Waals surface area contributed by atoms with Crippen LogP contribution in [0.5, 0.6) is 0 Å². The van der Waals surface area contributed by atoms with Crippen LogP contribution in [0.15, 0.2) is 30.3 Å². The summed E-state index contributed by atoms with van der Waals surface area (Å²) in [6, 6.07) is 10.7. The molecule has 1 aliphatic rings. The molecule has 4 nitrogen and oxygen atoms in total. The Morgan fingerprint density at radius 3 is 2.29 bits per heavy atom. The van der Waals surface area contributed by atoms with Gasteiger partial charge in [-0.25, -0.2) is 4.79 Å². The van der Waals surface area contributed by atoms with Crippen molar-refractivity contribution >= 4 is 6.09 Å². The molecule has 1 aromatic rings. The first-order valence-corrected chi connectivity index (χ1v) is 8.98. The van der Waals surface area contributed by atoms with Crippen molar-refractivity contribution < 1.29 is 9.53 Å². The lowest BCUT2D eigenvalue weighted by molar-refractivity contribution is 0.0181. The number of likely N-dealkylation sites (tertiary alicyclic amines) is 1. The van der Waals surface area contributed by atoms with Gasteiger partial charge in [0.25, 0.3) is 0 Å². The third kappa shape index (κ3) is 4.73. The van der Waals surface area contributed by atoms with Gasteiger partial charge in [0.1, 0.15) is 5.60 Å². The number of likely N-dealkylation sites (N-methyl/N-ethyl adjacent to an activating group) is 1. The SMILES string of the molecule is CCN(CC1(c2ccccc2)CCN(C)CC1)C(=O)OC(C)(C)C. The summed E-state index contributed by atoms with van der Waals surface area (Å²) in [5, 5.41) is 0. The molecular weight excluding hydrogens is 300 g/mol. The summed E-state index contributed by atoms with van der Waals surface area (Å²) in [6.07, 6.45) is 1.92. The van der Waals surface area contributed by atoms with Crippen LogP contribution >= 0.6 is 0 Å². The highest BCUT2D eigenvalue weighted by molar-refractivity contribution is 5.68. The molecule has 0 unspecified atom stereocenters. The minimum Gasteiger partial charge on any atom is -0.444 e. The minimum absolute atomic E-state index is 0.0146. The van der Waals surface area contributed by atoms with Crippen LogP contribution < -0.4 is 0 Å². The largest absolute Gasteiger partial charge is 0.444 e. The topological polar surface area (TPSA) is 32.8 Å². The zero-order valence-electron chi connectivity index (χ0n) is 15.8. The molecule has 1 amide bonds. The second-order valence-corrected chi connectivity index (χ2v) is 7.94. The van der Waals surface area contributed by atoms with E-state index in [1.54, 1.807) is 0 Å². The first-order chi connectivity index (χ1) is 11.3. The molecule has 0 aromatic heterocycles. The average Bonchev–Trinajstić information content (AvgIpc) is 2.54. The number of amides is 1. The summed E-state index contributed by atoms with van der Waals surface area (Å²) in [5.74, 6) is 0. The Morgan fingerprint density at radius 2 is 1.79 bits per heavy atom. The maximum atomic E-state index is 12.6. The maximum absolute atomic E-state index is 12.6. The molecule has 0 spiro atoms. The van der Waals surface area contributed by atoms with Crippen molar-refractivity contribution in [3.63, 3.8) is 0 Å². The van der Waals surface area contributed by atoms with Gasteiger partial charge in [-0.15, -0.1) is 0 Å². The van der Waals surface area contributed by atoms with Crippen LogP contribution in [0, 0.1) is 0 Å². The van der Waals surface area contributed by atoms with Crippen LogP contribution in [-0.4, -0.2) is 54.7 Å². The molecule has 0 N–H and O–H groups in total. The molecule has 2 rings (SSSR count). The Kier molecular flexibility index (Phi) is 5.92. The molecule has 1 saturated heterocycles. The highest BCUT2D eigenvalue weighted by Crippen LogP contribution is 2.36. The minimum atomic E-state index is -0.461. The van der Waals surface area contributed by atoms with Crippen LogP contribution in [0.25, 0.3) is 0 Å². The Balaban J connectivity index is 2.23. The van der Waals surface area contributed by atoms with E-state index in [1.165, 1.54) is 5.56 Å². The number of hydrogen-bond acceptors (Lipinski definition) is 3. The summed E-state index contributed by atoms with van der Waals surface area (Å²) < 4.78 is 5.61. The van der Waals surface area contributed by atoms with Crippen molar-refractivity contribution in [3.05, 3.63) is 35.9 Å². The second-order valence-electron chi connectivity index (χ2n) is 7.94. The number of hydrogen-bond donors (Lipinski definition) is 0. The normalized spacial score (nSPS) is 18.2. The fraction of sp³-hybridized carbons (Fsp3) is 0.650. The highest BCUT2D eigenvalue weighted by atomic mass is 16.6. The molecule has 4 heteroatoms. The van der Waals surface area contributed by atoms with Crippen LogP contribution in [0.4, 0.5) is 4.79 Å². The predicted molar refractivity (Wildman–Crippen MR) is 98.3 cm³/mol. The molecular formula is C20H32N2O2. The van der Waals surface area contributed by atoms with Gasteiger partial charge < -0.3 is 14.5 Å². The van der Waals surface area contributed by atoms with E-state index in [4.69, 9.17) is 4.74 Å². The van der Waals surface area contributed by atoms with Gasteiger partial charge in [-0.3, -0.25) is 0 Å². The molecule has 1 aromatic carbocycles. The van der Waals surface area contributed by atoms with E-state index in [9.17, 15) is 4.79 Å². The molecule has 1 fully saturated rings. The van der Waals surface area contributed by atoms with Crippen molar-refractivity contribution in [1.29, 1.82) is 0 Å². The molecule has 0 radical (unpaired) electrons. The Hall–Kier alpha value is -1.55. The Bertz CT molecular complexity index is 528. The quantitative estimate of drug-likeness (QED) is 0.838. The third-order valence-electron chi connectivity index (χ3n) is 4.86. The van der Waals surface area contributed by atoms with Gasteiger partial charge in [0.15, 0.2) is 0 Å². The van der Waals surface area contributed by atoms with Crippen molar-refractivity contribution in [2.24, 2.45) is 0 Å². The van der Waals surface area contributed by atoms with E-state index in [1.807, 2.05) is 32.6 Å². The third-order valence-corrected chi connectivity index (χ3v) is 4.86. The van der Waals surface area contributed by atoms with E-state index < -0.39 is 5.60 Å². The van der Waals surface area contributed by atoms with E-state index in [0.717, 1.165) is 32.5 Å². The number of piperidine rings is 1. The Morgan fingerprint density at radius 1 is 1.21 bits per heavy atom. The molecule has 0 bridgehead atoms. The second kappa shape index (κ2) is 7.56. The molecule has 24 heavy (non-hydrogen) atoms. The molecule has 134 valence electrons. The van der Waals surface area contributed by atoms with Gasteiger partial charge in [-0.1, -0.05) is 30.3 Å². The van der Waals surface area contributed by atoms with Crippen molar-refractivity contribution in [2.45, 2.75) is 51.6 Å². The van der Waals surface area contributed by atoms with Crippen LogP contribution in [-0.2, 0) is 10.2 Å². The molecule has 0 atom stereocenters. The first kappa shape index (κ1) is 18.8. The first-order valence-electron chi connectivity index (χ1n) is 8.98. The standard InChI is InChI=1S/C20H32N2O2/c1-6-22(18(23)24-19(2,3)4)16-20(12-14-21(5)15-13-20)17-10-8-7-9-11-17/h7-11H,6,12-16H2,1-5H3. The summed E-state index contributed by atoms with van der Waals surface area (Å²) in [6.45, 7) is 11.3. The molecule has 0 aliphatic carbocycles. The van der Waals surface area contributed by atoms with E-state index in [-0.39, 0.29) is 11.5 Å². The number of carbonyl (C=O) groups is 1. The van der Waals surface area contributed by atoms with Gasteiger partial charge in [-0.05, 0) is 66.2 Å². The zero-order chi connectivity index (χ0) is 17.8. The van der Waals surface area contributed by atoms with Crippen molar-refractivity contribution in [1.82, 2.24) is 9.80 Å². The van der Waals surface area contributed by atoms with Crippen molar-refractivity contribution in [3.8, 4) is 0 Å². The number of rotatable bonds is 4. The summed E-state index contributed by atoms with van der Waals surface area (Å²) >= 11 is 0. The number of ether oxygens (including phenoxy) is 1. The monoisotopic (exact) mass is 332 g/mol. The predicted octanol–water partition coefficient (Wildman–Crippen LogP) is 3.91. The van der Waals surface area contributed by atoms with Crippen molar-refractivity contribution in [2.75, 3.05) is 33.2 Å². The lowest BCUT2D eigenvalue weighted by Crippen LogP contribution is -2.50. The summed E-state index contributed by atoms with van der Waals surface area (Å²) in [4.78, 5) is 16.8. The van der Waals surface area contributed by atoms with E-state index in [2.05, 4.69) is 42.3 Å². The van der Waals surface area contributed by atoms with Crippen LogP contribution in [0.3, 0.4) is 0 Å². The van der Waals surface area contributed by atoms with Gasteiger partial charge in [0.2, 0.25) is 0 Å². The lowest BCUT2D eigenvalue weighted by Gasteiger charge is -2.44. The number of carbonyl (C=O) groups excluding carboxylic acids is 1. The zero-order valence-corrected chi connectivity index (χ0v) is 15.8. The highest BCUT2D eigenvalue weighted by Gasteiger charge is 2.38. The van der Waals surface area contributed by atoms with Crippen LogP contribution in [0.2, 0.25) is 0 Å². The van der Waals surface area contributed by atoms with E-state index >= 15 is 0 Å². The lowest BCUT2D eigenvalue weighted by atomic mass is 9.72. The smallest absolute Gasteiger partial charge is 0.410 e. The van der Waals surface area contributed by atoms with Gasteiger partial charge in [-0.2, -0.15) is 0 Å². The average molecular weight is 332 g/mol. The van der Waals surface area contributed by atoms with Gasteiger partial charge in [0.05, 0.1) is 0 Å². The molecule has 1 aliphatic heterocycles. The Labute approximate surface area is 146 Å².